The summed E-state index contributed by atoms with van der Waals surface area (Å²) in [6, 6.07) is 0. The molecule has 134 valence electrons. The van der Waals surface area contributed by atoms with E-state index < -0.39 is 17.4 Å². The normalized spacial score (nSPS) is 38.5. The number of nitrogens with two attached hydrogens (primary N) is 1. The number of likely N-dealkylation sites (N-methyl/N-ethyl adjacent to an activating group) is 1. The first-order valence-electron chi connectivity index (χ1n) is 8.46. The largest absolute Gasteiger partial charge is 0.628 e. The van der Waals surface area contributed by atoms with E-state index in [2.05, 4.69) is 4.90 Å². The Morgan fingerprint density at radius 1 is 1.46 bits per heavy atom. The molecule has 2 N–H and O–H groups in total. The van der Waals surface area contributed by atoms with E-state index in [1.807, 2.05) is 25.1 Å². The van der Waals surface area contributed by atoms with Crippen molar-refractivity contribution < 1.29 is 15.0 Å². The molecule has 0 spiro atoms. The number of primary amides is 1. The number of rotatable bonds is 4. The molecule has 6 nitrogen and oxygen atoms in total. The highest BCUT2D eigenvalue weighted by Gasteiger charge is 2.58. The van der Waals surface area contributed by atoms with Crippen LogP contribution in [0.25, 0.3) is 0 Å². The average Bonchev–Trinajstić information content (AvgIpc) is 2.61. The van der Waals surface area contributed by atoms with Gasteiger partial charge >= 0.3 is 5.91 Å². The summed E-state index contributed by atoms with van der Waals surface area (Å²) in [6.45, 7) is 2.96. The van der Waals surface area contributed by atoms with Gasteiger partial charge < -0.3 is 25.2 Å². The minimum atomic E-state index is -1.00. The molecule has 3 fully saturated rings. The number of carbonyl (C=O) groups is 1. The van der Waals surface area contributed by atoms with Gasteiger partial charge in [0.15, 0.2) is 0 Å². The highest BCUT2D eigenvalue weighted by molar-refractivity contribution is 6.32. The zero-order valence-corrected chi connectivity index (χ0v) is 15.3. The van der Waals surface area contributed by atoms with Gasteiger partial charge in [-0.3, -0.25) is 0 Å². The summed E-state index contributed by atoms with van der Waals surface area (Å²) < 4.78 is 5.72. The van der Waals surface area contributed by atoms with Crippen molar-refractivity contribution in [3.05, 3.63) is 28.1 Å². The predicted octanol–water partition coefficient (Wildman–Crippen LogP) is 0.499. The maximum Gasteiger partial charge on any atom is 0.323 e. The van der Waals surface area contributed by atoms with Gasteiger partial charge in [0.25, 0.3) is 0 Å². The van der Waals surface area contributed by atoms with Crippen LogP contribution in [0.5, 0.6) is 0 Å². The molecule has 2 bridgehead atoms. The van der Waals surface area contributed by atoms with Crippen LogP contribution < -0.4 is 5.48 Å². The molecule has 3 heterocycles. The number of hydrogen-bond acceptors (Lipinski definition) is 5. The number of quaternary nitrogens is 1. The molecule has 1 amide bonds. The molecule has 0 aromatic rings. The lowest BCUT2D eigenvalue weighted by Gasteiger charge is -2.53. The Balaban J connectivity index is 2.08. The van der Waals surface area contributed by atoms with Crippen LogP contribution in [0.2, 0.25) is 0 Å². The highest BCUT2D eigenvalue weighted by Crippen LogP contribution is 2.50. The first-order chi connectivity index (χ1) is 11.4. The summed E-state index contributed by atoms with van der Waals surface area (Å²) in [5, 5.41) is 12.0. The van der Waals surface area contributed by atoms with Crippen LogP contribution in [-0.2, 0) is 9.53 Å². The summed E-state index contributed by atoms with van der Waals surface area (Å²) in [5.41, 5.74) is 0.259. The smallest absolute Gasteiger partial charge is 0.323 e. The fourth-order valence-electron chi connectivity index (χ4n) is 4.67. The summed E-state index contributed by atoms with van der Waals surface area (Å²) in [4.78, 5) is 17.1. The van der Waals surface area contributed by atoms with Crippen molar-refractivity contribution in [2.75, 3.05) is 40.8 Å². The highest BCUT2D eigenvalue weighted by atomic mass is 35.5. The second-order valence-electron chi connectivity index (χ2n) is 7.25. The molecule has 0 saturated carbocycles. The molecule has 7 heteroatoms. The number of fused-ring (bicyclic) bond motifs is 3. The number of amides is 1. The number of carbonyl (C=O) groups excluding carboxylic acids is 1. The van der Waals surface area contributed by atoms with E-state index in [0.29, 0.717) is 16.4 Å². The van der Waals surface area contributed by atoms with Gasteiger partial charge in [0.1, 0.15) is 5.41 Å². The molecule has 1 aliphatic carbocycles. The minimum absolute atomic E-state index is 0.0522. The predicted molar refractivity (Wildman–Crippen MR) is 91.9 cm³/mol. The van der Waals surface area contributed by atoms with E-state index in [-0.39, 0.29) is 5.92 Å². The first kappa shape index (κ1) is 17.9. The van der Waals surface area contributed by atoms with E-state index in [9.17, 15) is 10.0 Å². The number of ether oxygens (including phenoxy) is 1. The van der Waals surface area contributed by atoms with Crippen LogP contribution in [-0.4, -0.2) is 62.7 Å². The van der Waals surface area contributed by atoms with Gasteiger partial charge in [0, 0.05) is 27.7 Å². The first-order valence-corrected chi connectivity index (χ1v) is 8.84. The fraction of sp³-hybridized carbons (Fsp3) is 0.706. The van der Waals surface area contributed by atoms with Crippen molar-refractivity contribution in [1.29, 1.82) is 0 Å². The standard InChI is InChI=1S/C17H26ClN3O3/c1-20(2)14-8-15(24-3)17(9-13(14)18,16(22)19-23)12-10-21-6-4-11(12)5-7-21/h8-9,11-12,15H,4-7,10,19H2,1-3H3. The molecule has 4 rings (SSSR count). The van der Waals surface area contributed by atoms with Crippen molar-refractivity contribution in [3.63, 3.8) is 0 Å². The molecule has 3 saturated heterocycles. The fourth-order valence-corrected chi connectivity index (χ4v) is 5.09. The van der Waals surface area contributed by atoms with Crippen LogP contribution in [0, 0.1) is 22.5 Å². The molecular formula is C17H26ClN3O3. The Hall–Kier alpha value is -0.920. The summed E-state index contributed by atoms with van der Waals surface area (Å²) >= 11 is 6.52. The number of methoxy groups -OCH3 is 1. The summed E-state index contributed by atoms with van der Waals surface area (Å²) in [6.07, 6.45) is 5.32. The van der Waals surface area contributed by atoms with Gasteiger partial charge in [-0.05, 0) is 49.9 Å². The van der Waals surface area contributed by atoms with Crippen molar-refractivity contribution in [3.8, 4) is 0 Å². The number of hydrogen-bond donors (Lipinski definition) is 1. The monoisotopic (exact) mass is 355 g/mol. The van der Waals surface area contributed by atoms with Gasteiger partial charge in [-0.25, -0.2) is 4.79 Å². The van der Waals surface area contributed by atoms with E-state index in [0.717, 1.165) is 38.2 Å². The van der Waals surface area contributed by atoms with Gasteiger partial charge in [0.2, 0.25) is 0 Å². The molecule has 0 radical (unpaired) electrons. The quantitative estimate of drug-likeness (QED) is 0.743. The third kappa shape index (κ3) is 2.70. The second-order valence-corrected chi connectivity index (χ2v) is 7.66. The number of piperidine rings is 3. The number of nitrogens with zero attached hydrogens (tertiary/aromatic N) is 2. The number of allylic oxidation sites excluding steroid dienone is 1. The van der Waals surface area contributed by atoms with E-state index >= 15 is 0 Å². The van der Waals surface area contributed by atoms with Crippen LogP contribution in [0.3, 0.4) is 0 Å². The Morgan fingerprint density at radius 3 is 2.58 bits per heavy atom. The van der Waals surface area contributed by atoms with E-state index in [1.165, 1.54) is 0 Å². The molecule has 24 heavy (non-hydrogen) atoms. The Morgan fingerprint density at radius 2 is 2.12 bits per heavy atom. The molecular weight excluding hydrogens is 330 g/mol. The van der Waals surface area contributed by atoms with Gasteiger partial charge in [-0.1, -0.05) is 11.6 Å². The van der Waals surface area contributed by atoms with Crippen molar-refractivity contribution in [2.24, 2.45) is 17.3 Å². The lowest BCUT2D eigenvalue weighted by atomic mass is 9.59. The van der Waals surface area contributed by atoms with Crippen molar-refractivity contribution >= 4 is 17.5 Å². The SMILES string of the molecule is COC1C=C(N(C)C)C(Cl)=CC1(C(=O)[NH2+][O-])C1CN2CCC1CC2. The third-order valence-electron chi connectivity index (χ3n) is 5.93. The van der Waals surface area contributed by atoms with Gasteiger partial charge in [-0.15, -0.1) is 0 Å². The van der Waals surface area contributed by atoms with Crippen LogP contribution in [0.1, 0.15) is 12.8 Å². The lowest BCUT2D eigenvalue weighted by Crippen LogP contribution is -2.87. The Kier molecular flexibility index (Phi) is 5.04. The molecule has 4 aliphatic rings. The molecule has 3 unspecified atom stereocenters. The molecule has 0 aromatic heterocycles. The van der Waals surface area contributed by atoms with Crippen molar-refractivity contribution in [1.82, 2.24) is 9.80 Å². The second kappa shape index (κ2) is 6.77. The Labute approximate surface area is 148 Å². The van der Waals surface area contributed by atoms with Gasteiger partial charge in [0.05, 0.1) is 16.8 Å². The van der Waals surface area contributed by atoms with Crippen LogP contribution in [0.15, 0.2) is 22.9 Å². The molecule has 3 aliphatic heterocycles. The van der Waals surface area contributed by atoms with E-state index in [1.54, 1.807) is 13.2 Å². The van der Waals surface area contributed by atoms with E-state index in [4.69, 9.17) is 16.3 Å². The lowest BCUT2D eigenvalue weighted by molar-refractivity contribution is -0.510. The van der Waals surface area contributed by atoms with Crippen LogP contribution >= 0.6 is 11.6 Å². The maximum atomic E-state index is 12.8. The number of hydroxylamine groups is 1. The minimum Gasteiger partial charge on any atom is -0.628 e. The van der Waals surface area contributed by atoms with Crippen molar-refractivity contribution in [2.45, 2.75) is 18.9 Å². The number of halogens is 1. The summed E-state index contributed by atoms with van der Waals surface area (Å²) in [5.74, 6) is 0.0447. The zero-order chi connectivity index (χ0) is 17.5. The summed E-state index contributed by atoms with van der Waals surface area (Å²) in [7, 11) is 5.39. The van der Waals surface area contributed by atoms with Crippen LogP contribution in [0.4, 0.5) is 0 Å². The maximum absolute atomic E-state index is 12.8. The molecule has 3 atom stereocenters. The average molecular weight is 356 g/mol. The molecule has 0 aromatic carbocycles. The topological polar surface area (TPSA) is 72.4 Å². The Bertz CT molecular complexity index is 569. The zero-order valence-electron chi connectivity index (χ0n) is 14.5. The third-order valence-corrected chi connectivity index (χ3v) is 6.23. The van der Waals surface area contributed by atoms with Gasteiger partial charge in [-0.2, -0.15) is 0 Å².